The van der Waals surface area contributed by atoms with Gasteiger partial charge in [0.1, 0.15) is 0 Å². The SMILES string of the molecule is S=C1N[C@H](c2ccccn2)[C@H](c2cccn2C[C@H]2CCCO2)N1CCN1CCOCC1. The Balaban J connectivity index is 1.41. The summed E-state index contributed by atoms with van der Waals surface area (Å²) in [7, 11) is 0. The number of hydrogen-bond acceptors (Lipinski definition) is 5. The van der Waals surface area contributed by atoms with Gasteiger partial charge in [-0.15, -0.1) is 0 Å². The predicted octanol–water partition coefficient (Wildman–Crippen LogP) is 2.37. The van der Waals surface area contributed by atoms with E-state index in [9.17, 15) is 0 Å². The summed E-state index contributed by atoms with van der Waals surface area (Å²) in [6, 6.07) is 10.6. The largest absolute Gasteiger partial charge is 0.379 e. The van der Waals surface area contributed by atoms with E-state index in [-0.39, 0.29) is 12.1 Å². The van der Waals surface area contributed by atoms with Gasteiger partial charge in [0.25, 0.3) is 0 Å². The molecule has 5 heterocycles. The number of thiocarbonyl (C=S) groups is 1. The van der Waals surface area contributed by atoms with Crippen LogP contribution in [0, 0.1) is 0 Å². The summed E-state index contributed by atoms with van der Waals surface area (Å²) in [6.07, 6.45) is 6.61. The summed E-state index contributed by atoms with van der Waals surface area (Å²) in [4.78, 5) is 9.48. The summed E-state index contributed by atoms with van der Waals surface area (Å²) >= 11 is 5.83. The van der Waals surface area contributed by atoms with Crippen molar-refractivity contribution in [3.63, 3.8) is 0 Å². The molecule has 0 unspecified atom stereocenters. The zero-order valence-corrected chi connectivity index (χ0v) is 18.7. The average Bonchev–Trinajstić information content (AvgIpc) is 3.55. The van der Waals surface area contributed by atoms with Crippen molar-refractivity contribution >= 4 is 17.3 Å². The second-order valence-corrected chi connectivity index (χ2v) is 8.88. The Morgan fingerprint density at radius 2 is 2.00 bits per heavy atom. The van der Waals surface area contributed by atoms with Gasteiger partial charge in [-0.25, -0.2) is 0 Å². The third-order valence-corrected chi connectivity index (χ3v) is 6.90. The Kier molecular flexibility index (Phi) is 6.50. The summed E-state index contributed by atoms with van der Waals surface area (Å²) < 4.78 is 13.8. The molecule has 0 bridgehead atoms. The molecule has 0 aliphatic carbocycles. The minimum absolute atomic E-state index is 0.0246. The van der Waals surface area contributed by atoms with Crippen LogP contribution in [0.4, 0.5) is 0 Å². The van der Waals surface area contributed by atoms with Crippen molar-refractivity contribution < 1.29 is 9.47 Å². The highest BCUT2D eigenvalue weighted by molar-refractivity contribution is 7.80. The molecule has 2 aromatic heterocycles. The molecule has 0 radical (unpaired) electrons. The van der Waals surface area contributed by atoms with Crippen molar-refractivity contribution in [1.29, 1.82) is 0 Å². The second-order valence-electron chi connectivity index (χ2n) is 8.49. The third-order valence-electron chi connectivity index (χ3n) is 6.55. The number of pyridine rings is 1. The molecule has 166 valence electrons. The maximum Gasteiger partial charge on any atom is 0.170 e. The van der Waals surface area contributed by atoms with Crippen LogP contribution in [0.25, 0.3) is 0 Å². The van der Waals surface area contributed by atoms with E-state index >= 15 is 0 Å². The zero-order chi connectivity index (χ0) is 21.0. The van der Waals surface area contributed by atoms with E-state index in [2.05, 4.69) is 49.1 Å². The van der Waals surface area contributed by atoms with Crippen LogP contribution in [0.2, 0.25) is 0 Å². The van der Waals surface area contributed by atoms with Crippen LogP contribution in [0.3, 0.4) is 0 Å². The number of aromatic nitrogens is 2. The average molecular weight is 442 g/mol. The summed E-state index contributed by atoms with van der Waals surface area (Å²) in [6.45, 7) is 7.21. The first-order valence-electron chi connectivity index (χ1n) is 11.3. The van der Waals surface area contributed by atoms with E-state index in [0.717, 1.165) is 76.2 Å². The number of morpholine rings is 1. The van der Waals surface area contributed by atoms with Gasteiger partial charge in [-0.05, 0) is 49.3 Å². The summed E-state index contributed by atoms with van der Waals surface area (Å²) in [5.74, 6) is 0. The Hall–Kier alpha value is -2.00. The Morgan fingerprint density at radius 1 is 1.10 bits per heavy atom. The van der Waals surface area contributed by atoms with E-state index in [1.807, 2.05) is 18.3 Å². The first-order chi connectivity index (χ1) is 15.3. The molecule has 5 rings (SSSR count). The molecule has 7 nitrogen and oxygen atoms in total. The Morgan fingerprint density at radius 3 is 2.77 bits per heavy atom. The fraction of sp³-hybridized carbons (Fsp3) is 0.565. The first-order valence-corrected chi connectivity index (χ1v) is 11.8. The minimum Gasteiger partial charge on any atom is -0.379 e. The lowest BCUT2D eigenvalue weighted by Gasteiger charge is -2.32. The lowest BCUT2D eigenvalue weighted by atomic mass is 10.0. The smallest absolute Gasteiger partial charge is 0.170 e. The van der Waals surface area contributed by atoms with E-state index in [1.54, 1.807) is 0 Å². The van der Waals surface area contributed by atoms with E-state index < -0.39 is 0 Å². The van der Waals surface area contributed by atoms with E-state index in [1.165, 1.54) is 5.69 Å². The Bertz CT molecular complexity index is 864. The van der Waals surface area contributed by atoms with Crippen LogP contribution in [-0.2, 0) is 16.0 Å². The van der Waals surface area contributed by atoms with Crippen molar-refractivity contribution in [1.82, 2.24) is 24.7 Å². The predicted molar refractivity (Wildman–Crippen MR) is 123 cm³/mol. The molecule has 3 fully saturated rings. The van der Waals surface area contributed by atoms with Gasteiger partial charge in [0, 0.05) is 57.4 Å². The number of nitrogens with one attached hydrogen (secondary N) is 1. The van der Waals surface area contributed by atoms with Gasteiger partial charge in [-0.3, -0.25) is 9.88 Å². The second kappa shape index (κ2) is 9.65. The van der Waals surface area contributed by atoms with Crippen LogP contribution in [0.5, 0.6) is 0 Å². The van der Waals surface area contributed by atoms with Crippen LogP contribution >= 0.6 is 12.2 Å². The molecule has 0 amide bonds. The molecule has 3 aliphatic heterocycles. The van der Waals surface area contributed by atoms with Gasteiger partial charge in [-0.1, -0.05) is 6.07 Å². The molecule has 1 N–H and O–H groups in total. The van der Waals surface area contributed by atoms with E-state index in [4.69, 9.17) is 21.7 Å². The van der Waals surface area contributed by atoms with Gasteiger partial charge < -0.3 is 24.3 Å². The van der Waals surface area contributed by atoms with Crippen molar-refractivity contribution in [3.05, 3.63) is 54.1 Å². The maximum atomic E-state index is 5.92. The van der Waals surface area contributed by atoms with Crippen LogP contribution in [-0.4, -0.2) is 76.6 Å². The van der Waals surface area contributed by atoms with Crippen molar-refractivity contribution in [2.24, 2.45) is 0 Å². The van der Waals surface area contributed by atoms with Crippen molar-refractivity contribution in [2.75, 3.05) is 46.0 Å². The third kappa shape index (κ3) is 4.62. The molecule has 0 spiro atoms. The lowest BCUT2D eigenvalue weighted by Crippen LogP contribution is -2.43. The number of rotatable bonds is 7. The monoisotopic (exact) mass is 441 g/mol. The molecule has 3 saturated heterocycles. The summed E-state index contributed by atoms with van der Waals surface area (Å²) in [5, 5.41) is 4.38. The topological polar surface area (TPSA) is 54.8 Å². The van der Waals surface area contributed by atoms with Crippen LogP contribution < -0.4 is 5.32 Å². The van der Waals surface area contributed by atoms with Crippen LogP contribution in [0.1, 0.15) is 36.3 Å². The summed E-state index contributed by atoms with van der Waals surface area (Å²) in [5.41, 5.74) is 2.29. The highest BCUT2D eigenvalue weighted by atomic mass is 32.1. The molecular formula is C23H31N5O2S. The molecular weight excluding hydrogens is 410 g/mol. The van der Waals surface area contributed by atoms with Gasteiger partial charge in [0.2, 0.25) is 0 Å². The normalized spacial score (nSPS) is 27.0. The molecule has 0 saturated carbocycles. The fourth-order valence-electron chi connectivity index (χ4n) is 4.91. The molecule has 3 aliphatic rings. The molecule has 31 heavy (non-hydrogen) atoms. The number of nitrogens with zero attached hydrogens (tertiary/aromatic N) is 4. The van der Waals surface area contributed by atoms with Crippen molar-refractivity contribution in [2.45, 2.75) is 37.6 Å². The number of ether oxygens (including phenoxy) is 2. The van der Waals surface area contributed by atoms with Gasteiger partial charge >= 0.3 is 0 Å². The zero-order valence-electron chi connectivity index (χ0n) is 17.9. The minimum atomic E-state index is 0.0246. The Labute approximate surface area is 189 Å². The molecule has 0 aromatic carbocycles. The molecule has 3 atom stereocenters. The van der Waals surface area contributed by atoms with Crippen LogP contribution in [0.15, 0.2) is 42.7 Å². The maximum absolute atomic E-state index is 5.92. The van der Waals surface area contributed by atoms with Crippen molar-refractivity contribution in [3.8, 4) is 0 Å². The fourth-order valence-corrected chi connectivity index (χ4v) is 5.24. The quantitative estimate of drug-likeness (QED) is 0.662. The van der Waals surface area contributed by atoms with Gasteiger partial charge in [0.15, 0.2) is 5.11 Å². The van der Waals surface area contributed by atoms with E-state index in [0.29, 0.717) is 6.10 Å². The van der Waals surface area contributed by atoms with Gasteiger partial charge in [-0.2, -0.15) is 0 Å². The highest BCUT2D eigenvalue weighted by Gasteiger charge is 2.41. The number of hydrogen-bond donors (Lipinski definition) is 1. The molecule has 2 aromatic rings. The van der Waals surface area contributed by atoms with Gasteiger partial charge in [0.05, 0.1) is 37.1 Å². The lowest BCUT2D eigenvalue weighted by molar-refractivity contribution is 0.0349. The highest BCUT2D eigenvalue weighted by Crippen LogP contribution is 2.38. The molecule has 8 heteroatoms. The first kappa shape index (κ1) is 20.9. The standard InChI is InChI=1S/C23H31N5O2S/c31-23-25-21(19-6-1-2-8-24-19)22(28(23)11-10-26-12-15-29-16-13-26)20-7-3-9-27(20)17-18-5-4-14-30-18/h1-3,6-9,18,21-22H,4-5,10-17H2,(H,25,31)/t18-,21-,22+/m1/s1.